The average Bonchev–Trinajstić information content (AvgIpc) is 2.58. The smallest absolute Gasteiger partial charge is 0.153 e. The van der Waals surface area contributed by atoms with Crippen LogP contribution in [0.3, 0.4) is 0 Å². The molecular weight excluding hydrogens is 286 g/mol. The molecule has 0 fully saturated rings. The molecule has 4 heteroatoms. The van der Waals surface area contributed by atoms with Gasteiger partial charge in [0.1, 0.15) is 0 Å². The van der Waals surface area contributed by atoms with Crippen LogP contribution in [0.15, 0.2) is 60.8 Å². The molecule has 0 atom stereocenters. The standard InChI is InChI=1S/C19H17N3O/c1-13-8-9-18(22-19-17(20)7-4-10-21-19)16(11-13)15-6-3-2-5-14(15)12-23/h2-12H,20H2,1H3,(H,21,22). The third-order valence-corrected chi connectivity index (χ3v) is 3.64. The molecule has 0 bridgehead atoms. The Labute approximate surface area is 135 Å². The number of hydrogen-bond acceptors (Lipinski definition) is 4. The maximum atomic E-state index is 11.4. The van der Waals surface area contributed by atoms with Crippen LogP contribution in [0.5, 0.6) is 0 Å². The first-order valence-corrected chi connectivity index (χ1v) is 7.32. The van der Waals surface area contributed by atoms with Crippen molar-refractivity contribution in [3.63, 3.8) is 0 Å². The van der Waals surface area contributed by atoms with Crippen molar-refractivity contribution in [2.45, 2.75) is 6.92 Å². The van der Waals surface area contributed by atoms with E-state index in [1.54, 1.807) is 18.3 Å². The second-order valence-corrected chi connectivity index (χ2v) is 5.32. The third kappa shape index (κ3) is 3.06. The van der Waals surface area contributed by atoms with Gasteiger partial charge >= 0.3 is 0 Å². The normalized spacial score (nSPS) is 10.3. The van der Waals surface area contributed by atoms with Crippen LogP contribution in [0.4, 0.5) is 17.2 Å². The Morgan fingerprint density at radius 1 is 1.04 bits per heavy atom. The van der Waals surface area contributed by atoms with Crippen molar-refractivity contribution >= 4 is 23.5 Å². The van der Waals surface area contributed by atoms with Crippen molar-refractivity contribution in [2.24, 2.45) is 0 Å². The minimum atomic E-state index is 0.572. The minimum Gasteiger partial charge on any atom is -0.396 e. The van der Waals surface area contributed by atoms with Gasteiger partial charge in [-0.05, 0) is 36.8 Å². The summed E-state index contributed by atoms with van der Waals surface area (Å²) in [5, 5.41) is 3.27. The molecular formula is C19H17N3O. The first-order chi connectivity index (χ1) is 11.2. The molecule has 0 aliphatic rings. The number of aldehydes is 1. The van der Waals surface area contributed by atoms with Crippen LogP contribution in [0.1, 0.15) is 15.9 Å². The highest BCUT2D eigenvalue weighted by Gasteiger charge is 2.11. The number of nitrogens with one attached hydrogen (secondary N) is 1. The second-order valence-electron chi connectivity index (χ2n) is 5.32. The number of carbonyl (C=O) groups is 1. The highest BCUT2D eigenvalue weighted by molar-refractivity contribution is 5.92. The monoisotopic (exact) mass is 303 g/mol. The van der Waals surface area contributed by atoms with E-state index in [2.05, 4.69) is 10.3 Å². The van der Waals surface area contributed by atoms with Gasteiger partial charge in [-0.3, -0.25) is 4.79 Å². The SMILES string of the molecule is Cc1ccc(Nc2ncccc2N)c(-c2ccccc2C=O)c1. The molecule has 0 unspecified atom stereocenters. The van der Waals surface area contributed by atoms with Crippen molar-refractivity contribution < 1.29 is 4.79 Å². The number of pyridine rings is 1. The quantitative estimate of drug-likeness (QED) is 0.709. The number of anilines is 3. The summed E-state index contributed by atoms with van der Waals surface area (Å²) in [5.74, 6) is 0.598. The predicted molar refractivity (Wildman–Crippen MR) is 93.9 cm³/mol. The molecule has 23 heavy (non-hydrogen) atoms. The highest BCUT2D eigenvalue weighted by Crippen LogP contribution is 2.33. The molecule has 0 saturated heterocycles. The zero-order valence-electron chi connectivity index (χ0n) is 12.8. The molecule has 0 aliphatic carbocycles. The number of aromatic nitrogens is 1. The first kappa shape index (κ1) is 14.8. The zero-order valence-corrected chi connectivity index (χ0v) is 12.8. The van der Waals surface area contributed by atoms with Crippen LogP contribution in [-0.4, -0.2) is 11.3 Å². The lowest BCUT2D eigenvalue weighted by Crippen LogP contribution is -2.01. The van der Waals surface area contributed by atoms with Gasteiger partial charge in [-0.25, -0.2) is 4.98 Å². The van der Waals surface area contributed by atoms with Crippen molar-refractivity contribution in [1.29, 1.82) is 0 Å². The van der Waals surface area contributed by atoms with Gasteiger partial charge in [0.05, 0.1) is 5.69 Å². The molecule has 3 aromatic rings. The number of nitrogens with two attached hydrogens (primary N) is 1. The molecule has 0 spiro atoms. The third-order valence-electron chi connectivity index (χ3n) is 3.64. The second kappa shape index (κ2) is 6.32. The molecule has 3 N–H and O–H groups in total. The zero-order chi connectivity index (χ0) is 16.2. The molecule has 0 amide bonds. The summed E-state index contributed by atoms with van der Waals surface area (Å²) < 4.78 is 0. The molecule has 2 aromatic carbocycles. The van der Waals surface area contributed by atoms with Gasteiger partial charge in [-0.1, -0.05) is 35.9 Å². The lowest BCUT2D eigenvalue weighted by atomic mass is 9.97. The fraction of sp³-hybridized carbons (Fsp3) is 0.0526. The predicted octanol–water partition coefficient (Wildman–Crippen LogP) is 4.20. The van der Waals surface area contributed by atoms with Crippen molar-refractivity contribution in [3.05, 3.63) is 71.9 Å². The average molecular weight is 303 g/mol. The van der Waals surface area contributed by atoms with Gasteiger partial charge in [0.2, 0.25) is 0 Å². The number of aryl methyl sites for hydroxylation is 1. The lowest BCUT2D eigenvalue weighted by molar-refractivity contribution is 0.112. The van der Waals surface area contributed by atoms with Crippen LogP contribution in [0, 0.1) is 6.92 Å². The van der Waals surface area contributed by atoms with E-state index in [0.29, 0.717) is 17.1 Å². The van der Waals surface area contributed by atoms with E-state index in [-0.39, 0.29) is 0 Å². The number of nitrogens with zero attached hydrogens (tertiary/aromatic N) is 1. The van der Waals surface area contributed by atoms with Crippen LogP contribution < -0.4 is 11.1 Å². The summed E-state index contributed by atoms with van der Waals surface area (Å²) in [7, 11) is 0. The van der Waals surface area contributed by atoms with Gasteiger partial charge in [0, 0.05) is 23.0 Å². The van der Waals surface area contributed by atoms with Gasteiger partial charge in [0.15, 0.2) is 12.1 Å². The van der Waals surface area contributed by atoms with E-state index < -0.39 is 0 Å². The fourth-order valence-electron chi connectivity index (χ4n) is 2.48. The number of rotatable bonds is 4. The molecule has 4 nitrogen and oxygen atoms in total. The molecule has 0 saturated carbocycles. The van der Waals surface area contributed by atoms with Crippen molar-refractivity contribution in [1.82, 2.24) is 4.98 Å². The Kier molecular flexibility index (Phi) is 4.06. The Morgan fingerprint density at radius 3 is 2.65 bits per heavy atom. The number of carbonyl (C=O) groups excluding carboxylic acids is 1. The van der Waals surface area contributed by atoms with Crippen LogP contribution in [-0.2, 0) is 0 Å². The molecule has 0 radical (unpaired) electrons. The lowest BCUT2D eigenvalue weighted by Gasteiger charge is -2.15. The summed E-state index contributed by atoms with van der Waals surface area (Å²) >= 11 is 0. The van der Waals surface area contributed by atoms with Gasteiger partial charge in [0.25, 0.3) is 0 Å². The molecule has 114 valence electrons. The van der Waals surface area contributed by atoms with Crippen molar-refractivity contribution in [3.8, 4) is 11.1 Å². The summed E-state index contributed by atoms with van der Waals surface area (Å²) in [4.78, 5) is 15.6. The number of benzene rings is 2. The van der Waals surface area contributed by atoms with E-state index in [0.717, 1.165) is 28.7 Å². The van der Waals surface area contributed by atoms with E-state index in [4.69, 9.17) is 5.73 Å². The van der Waals surface area contributed by atoms with Crippen molar-refractivity contribution in [2.75, 3.05) is 11.1 Å². The maximum Gasteiger partial charge on any atom is 0.153 e. The minimum absolute atomic E-state index is 0.572. The van der Waals surface area contributed by atoms with Gasteiger partial charge in [-0.15, -0.1) is 0 Å². The highest BCUT2D eigenvalue weighted by atomic mass is 16.1. The van der Waals surface area contributed by atoms with Crippen LogP contribution in [0.2, 0.25) is 0 Å². The van der Waals surface area contributed by atoms with Gasteiger partial charge in [-0.2, -0.15) is 0 Å². The molecule has 3 rings (SSSR count). The molecule has 1 heterocycles. The molecule has 0 aliphatic heterocycles. The summed E-state index contributed by atoms with van der Waals surface area (Å²) in [5.41, 5.74) is 11.0. The number of nitrogen functional groups attached to an aromatic ring is 1. The van der Waals surface area contributed by atoms with E-state index >= 15 is 0 Å². The Bertz CT molecular complexity index is 859. The summed E-state index contributed by atoms with van der Waals surface area (Å²) in [6.45, 7) is 2.02. The summed E-state index contributed by atoms with van der Waals surface area (Å²) in [6.07, 6.45) is 2.56. The Hall–Kier alpha value is -3.14. The Balaban J connectivity index is 2.12. The summed E-state index contributed by atoms with van der Waals surface area (Å²) in [6, 6.07) is 17.1. The first-order valence-electron chi connectivity index (χ1n) is 7.32. The Morgan fingerprint density at radius 2 is 1.87 bits per heavy atom. The van der Waals surface area contributed by atoms with Crippen LogP contribution >= 0.6 is 0 Å². The maximum absolute atomic E-state index is 11.4. The topological polar surface area (TPSA) is 68.0 Å². The molecule has 1 aromatic heterocycles. The largest absolute Gasteiger partial charge is 0.396 e. The van der Waals surface area contributed by atoms with E-state index in [1.165, 1.54) is 0 Å². The van der Waals surface area contributed by atoms with Gasteiger partial charge < -0.3 is 11.1 Å². The van der Waals surface area contributed by atoms with E-state index in [9.17, 15) is 4.79 Å². The van der Waals surface area contributed by atoms with Crippen LogP contribution in [0.25, 0.3) is 11.1 Å². The fourth-order valence-corrected chi connectivity index (χ4v) is 2.48. The van der Waals surface area contributed by atoms with E-state index in [1.807, 2.05) is 49.4 Å². The number of hydrogen-bond donors (Lipinski definition) is 2.